The Hall–Kier alpha value is -3.01. The number of ether oxygens (including phenoxy) is 2. The number of hydrogen-bond acceptors (Lipinski definition) is 6. The number of amides is 1. The summed E-state index contributed by atoms with van der Waals surface area (Å²) in [6, 6.07) is 20.1. The van der Waals surface area contributed by atoms with E-state index in [0.717, 1.165) is 21.8 Å². The number of thioether (sulfide) groups is 1. The topological polar surface area (TPSA) is 84.9 Å². The molecule has 0 saturated heterocycles. The van der Waals surface area contributed by atoms with Crippen LogP contribution in [0.1, 0.15) is 34.8 Å². The molecular formula is C28H32N2O5S2. The van der Waals surface area contributed by atoms with Crippen molar-refractivity contribution in [1.82, 2.24) is 5.32 Å². The molecule has 1 heterocycles. The van der Waals surface area contributed by atoms with Crippen LogP contribution < -0.4 is 14.4 Å². The fraction of sp³-hybridized carbons (Fsp3) is 0.321. The van der Waals surface area contributed by atoms with Gasteiger partial charge in [-0.05, 0) is 67.3 Å². The van der Waals surface area contributed by atoms with Crippen LogP contribution in [0.5, 0.6) is 5.75 Å². The summed E-state index contributed by atoms with van der Waals surface area (Å²) in [7, 11) is -2.20. The molecule has 0 radical (unpaired) electrons. The lowest BCUT2D eigenvalue weighted by Crippen LogP contribution is -2.30. The minimum absolute atomic E-state index is 0.109. The van der Waals surface area contributed by atoms with E-state index in [-0.39, 0.29) is 10.8 Å². The highest BCUT2D eigenvalue weighted by Crippen LogP contribution is 2.35. The molecule has 0 fully saturated rings. The van der Waals surface area contributed by atoms with Crippen molar-refractivity contribution < 1.29 is 22.7 Å². The maximum Gasteiger partial charge on any atom is 0.264 e. The number of para-hydroxylation sites is 1. The summed E-state index contributed by atoms with van der Waals surface area (Å²) in [4.78, 5) is 14.0. The number of carbonyl (C=O) groups is 1. The summed E-state index contributed by atoms with van der Waals surface area (Å²) >= 11 is 1.49. The van der Waals surface area contributed by atoms with Crippen molar-refractivity contribution in [2.75, 3.05) is 37.7 Å². The molecule has 0 unspecified atom stereocenters. The lowest BCUT2D eigenvalue weighted by atomic mass is 10.2. The van der Waals surface area contributed by atoms with Gasteiger partial charge in [-0.25, -0.2) is 8.42 Å². The summed E-state index contributed by atoms with van der Waals surface area (Å²) in [5, 5.41) is 2.92. The van der Waals surface area contributed by atoms with Crippen LogP contribution >= 0.6 is 11.8 Å². The molecule has 37 heavy (non-hydrogen) atoms. The Morgan fingerprint density at radius 2 is 1.86 bits per heavy atom. The first-order valence-corrected chi connectivity index (χ1v) is 14.7. The number of carbonyl (C=O) groups excluding carboxylic acids is 1. The van der Waals surface area contributed by atoms with E-state index in [1.165, 1.54) is 22.1 Å². The summed E-state index contributed by atoms with van der Waals surface area (Å²) in [6.45, 7) is 3.93. The highest BCUT2D eigenvalue weighted by molar-refractivity contribution is 7.98. The van der Waals surface area contributed by atoms with Crippen molar-refractivity contribution in [3.63, 3.8) is 0 Å². The fourth-order valence-corrected chi connectivity index (χ4v) is 6.67. The minimum Gasteiger partial charge on any atom is -0.497 e. The van der Waals surface area contributed by atoms with Crippen LogP contribution in [0.3, 0.4) is 0 Å². The third kappa shape index (κ3) is 6.47. The molecule has 1 N–H and O–H groups in total. The van der Waals surface area contributed by atoms with Crippen molar-refractivity contribution in [2.45, 2.75) is 35.3 Å². The standard InChI is InChI=1S/C28H32N2O5S2/c1-3-35-18-6-16-29-28(31)25-19-24(37(32,33)30-17-15-22-7-4-5-8-26(22)30)13-14-27(25)36-20-21-9-11-23(34-2)12-10-21/h4-5,7-14,19H,3,6,15-18,20H2,1-2H3,(H,29,31). The molecule has 0 bridgehead atoms. The Bertz CT molecular complexity index is 1330. The monoisotopic (exact) mass is 540 g/mol. The Kier molecular flexibility index (Phi) is 9.13. The van der Waals surface area contributed by atoms with E-state index >= 15 is 0 Å². The van der Waals surface area contributed by atoms with Crippen molar-refractivity contribution in [2.24, 2.45) is 0 Å². The van der Waals surface area contributed by atoms with Gasteiger partial charge in [0, 0.05) is 37.0 Å². The van der Waals surface area contributed by atoms with E-state index in [0.29, 0.717) is 56.1 Å². The Morgan fingerprint density at radius 1 is 1.08 bits per heavy atom. The molecule has 0 aromatic heterocycles. The van der Waals surface area contributed by atoms with E-state index in [4.69, 9.17) is 9.47 Å². The van der Waals surface area contributed by atoms with Crippen molar-refractivity contribution in [1.29, 1.82) is 0 Å². The average molecular weight is 541 g/mol. The summed E-state index contributed by atoms with van der Waals surface area (Å²) in [5.74, 6) is 1.10. The molecule has 1 aliphatic heterocycles. The SMILES string of the molecule is CCOCCCNC(=O)c1cc(S(=O)(=O)N2CCc3ccccc32)ccc1SCc1ccc(OC)cc1. The first-order valence-electron chi connectivity index (χ1n) is 12.3. The van der Waals surface area contributed by atoms with Crippen LogP contribution in [-0.2, 0) is 26.9 Å². The molecular weight excluding hydrogens is 508 g/mol. The molecule has 7 nitrogen and oxygen atoms in total. The molecule has 3 aromatic carbocycles. The zero-order valence-electron chi connectivity index (χ0n) is 21.1. The number of anilines is 1. The van der Waals surface area contributed by atoms with Crippen LogP contribution in [-0.4, -0.2) is 47.7 Å². The molecule has 0 aliphatic carbocycles. The van der Waals surface area contributed by atoms with Crippen LogP contribution in [0, 0.1) is 0 Å². The summed E-state index contributed by atoms with van der Waals surface area (Å²) in [5.41, 5.74) is 3.12. The predicted octanol–water partition coefficient (Wildman–Crippen LogP) is 4.90. The van der Waals surface area contributed by atoms with Gasteiger partial charge in [0.2, 0.25) is 0 Å². The normalized spacial score (nSPS) is 12.9. The maximum absolute atomic E-state index is 13.6. The highest BCUT2D eigenvalue weighted by atomic mass is 32.2. The molecule has 9 heteroatoms. The van der Waals surface area contributed by atoms with Gasteiger partial charge in [-0.15, -0.1) is 11.8 Å². The van der Waals surface area contributed by atoms with E-state index < -0.39 is 10.0 Å². The number of nitrogens with zero attached hydrogens (tertiary/aromatic N) is 1. The molecule has 3 aromatic rings. The fourth-order valence-electron chi connectivity index (χ4n) is 4.16. The van der Waals surface area contributed by atoms with E-state index in [2.05, 4.69) is 5.32 Å². The number of sulfonamides is 1. The number of benzene rings is 3. The molecule has 1 amide bonds. The number of nitrogens with one attached hydrogen (secondary N) is 1. The second kappa shape index (κ2) is 12.5. The van der Waals surface area contributed by atoms with Crippen molar-refractivity contribution >= 4 is 33.4 Å². The van der Waals surface area contributed by atoms with Gasteiger partial charge in [0.1, 0.15) is 5.75 Å². The smallest absolute Gasteiger partial charge is 0.264 e. The van der Waals surface area contributed by atoms with Gasteiger partial charge in [0.25, 0.3) is 15.9 Å². The third-order valence-electron chi connectivity index (χ3n) is 6.14. The zero-order chi connectivity index (χ0) is 26.3. The molecule has 0 spiro atoms. The van der Waals surface area contributed by atoms with Gasteiger partial charge in [-0.2, -0.15) is 0 Å². The van der Waals surface area contributed by atoms with Gasteiger partial charge in [-0.1, -0.05) is 30.3 Å². The van der Waals surface area contributed by atoms with Gasteiger partial charge >= 0.3 is 0 Å². The number of fused-ring (bicyclic) bond motifs is 1. The quantitative estimate of drug-likeness (QED) is 0.260. The van der Waals surface area contributed by atoms with Gasteiger partial charge in [0.15, 0.2) is 0 Å². The van der Waals surface area contributed by atoms with Crippen LogP contribution in [0.2, 0.25) is 0 Å². The Morgan fingerprint density at radius 3 is 2.62 bits per heavy atom. The lowest BCUT2D eigenvalue weighted by molar-refractivity contribution is 0.0941. The molecule has 196 valence electrons. The van der Waals surface area contributed by atoms with E-state index in [1.807, 2.05) is 55.5 Å². The highest BCUT2D eigenvalue weighted by Gasteiger charge is 2.31. The van der Waals surface area contributed by atoms with Gasteiger partial charge < -0.3 is 14.8 Å². The van der Waals surface area contributed by atoms with E-state index in [1.54, 1.807) is 19.2 Å². The molecule has 1 aliphatic rings. The molecule has 4 rings (SSSR count). The largest absolute Gasteiger partial charge is 0.497 e. The Labute approximate surface area is 223 Å². The second-order valence-corrected chi connectivity index (χ2v) is 11.4. The number of rotatable bonds is 12. The Balaban J connectivity index is 1.59. The number of hydrogen-bond donors (Lipinski definition) is 1. The van der Waals surface area contributed by atoms with Gasteiger partial charge in [-0.3, -0.25) is 9.10 Å². The third-order valence-corrected chi connectivity index (χ3v) is 9.09. The first kappa shape index (κ1) is 27.0. The van der Waals surface area contributed by atoms with Gasteiger partial charge in [0.05, 0.1) is 23.3 Å². The summed E-state index contributed by atoms with van der Waals surface area (Å²) < 4.78 is 39.2. The van der Waals surface area contributed by atoms with Crippen LogP contribution in [0.15, 0.2) is 76.5 Å². The predicted molar refractivity (Wildman–Crippen MR) is 147 cm³/mol. The minimum atomic E-state index is -3.82. The van der Waals surface area contributed by atoms with E-state index in [9.17, 15) is 13.2 Å². The molecule has 0 atom stereocenters. The lowest BCUT2D eigenvalue weighted by Gasteiger charge is -2.20. The van der Waals surface area contributed by atoms with Crippen LogP contribution in [0.4, 0.5) is 5.69 Å². The first-order chi connectivity index (χ1) is 17.9. The second-order valence-electron chi connectivity index (χ2n) is 8.56. The average Bonchev–Trinajstić information content (AvgIpc) is 3.37. The maximum atomic E-state index is 13.6. The molecule has 0 saturated carbocycles. The van der Waals surface area contributed by atoms with Crippen molar-refractivity contribution in [3.05, 3.63) is 83.4 Å². The van der Waals surface area contributed by atoms with Crippen molar-refractivity contribution in [3.8, 4) is 5.75 Å². The number of methoxy groups -OCH3 is 1. The van der Waals surface area contributed by atoms with Crippen LogP contribution in [0.25, 0.3) is 0 Å². The summed E-state index contributed by atoms with van der Waals surface area (Å²) in [6.07, 6.45) is 1.34. The zero-order valence-corrected chi connectivity index (χ0v) is 22.7.